The number of nitrogens with one attached hydrogen (secondary N) is 1. The largest absolute Gasteiger partial charge is 0.465 e. The maximum atomic E-state index is 12.0. The number of aliphatic hydroxyl groups is 1. The van der Waals surface area contributed by atoms with Crippen molar-refractivity contribution in [3.8, 4) is 0 Å². The minimum Gasteiger partial charge on any atom is -0.465 e. The van der Waals surface area contributed by atoms with Crippen LogP contribution in [0.3, 0.4) is 0 Å². The fourth-order valence-corrected chi connectivity index (χ4v) is 2.64. The van der Waals surface area contributed by atoms with E-state index in [-0.39, 0.29) is 5.91 Å². The number of hydrogen-bond donors (Lipinski definition) is 2. The van der Waals surface area contributed by atoms with Crippen LogP contribution in [0.4, 0.5) is 0 Å². The van der Waals surface area contributed by atoms with Crippen molar-refractivity contribution in [2.75, 3.05) is 13.7 Å². The maximum absolute atomic E-state index is 12.0. The van der Waals surface area contributed by atoms with E-state index in [0.29, 0.717) is 24.1 Å². The van der Waals surface area contributed by atoms with E-state index < -0.39 is 12.1 Å². The molecule has 2 rings (SSSR count). The smallest absolute Gasteiger partial charge is 0.337 e. The number of ether oxygens (including phenoxy) is 1. The van der Waals surface area contributed by atoms with Crippen LogP contribution < -0.4 is 5.32 Å². The van der Waals surface area contributed by atoms with Crippen LogP contribution in [0.1, 0.15) is 38.8 Å². The van der Waals surface area contributed by atoms with E-state index in [0.717, 1.165) is 5.56 Å². The van der Waals surface area contributed by atoms with Crippen molar-refractivity contribution in [2.24, 2.45) is 0 Å². The van der Waals surface area contributed by atoms with Crippen LogP contribution in [-0.2, 0) is 4.74 Å². The molecule has 5 nitrogen and oxygen atoms in total. The predicted molar refractivity (Wildman–Crippen MR) is 84.0 cm³/mol. The molecule has 1 aromatic heterocycles. The van der Waals surface area contributed by atoms with Gasteiger partial charge in [-0.05, 0) is 53.1 Å². The maximum Gasteiger partial charge on any atom is 0.337 e. The Balaban J connectivity index is 1.83. The molecule has 6 heteroatoms. The average molecular weight is 319 g/mol. The summed E-state index contributed by atoms with van der Waals surface area (Å²) >= 11 is 1.52. The van der Waals surface area contributed by atoms with E-state index >= 15 is 0 Å². The summed E-state index contributed by atoms with van der Waals surface area (Å²) in [4.78, 5) is 23.3. The van der Waals surface area contributed by atoms with E-state index in [1.54, 1.807) is 24.3 Å². The Morgan fingerprint density at radius 1 is 1.23 bits per heavy atom. The van der Waals surface area contributed by atoms with Crippen LogP contribution >= 0.6 is 11.3 Å². The molecule has 0 aliphatic rings. The summed E-state index contributed by atoms with van der Waals surface area (Å²) in [5.41, 5.74) is 1.71. The van der Waals surface area contributed by atoms with E-state index in [1.807, 2.05) is 16.8 Å². The number of esters is 1. The standard InChI is InChI=1S/C16H17NO4S/c1-21-16(20)12-4-2-11(3-5-12)15(19)17-8-6-14(18)13-7-9-22-10-13/h2-5,7,9-10,14,18H,6,8H2,1H3,(H,17,19)/t14-/m1/s1. The Labute approximate surface area is 132 Å². The Morgan fingerprint density at radius 2 is 1.91 bits per heavy atom. The van der Waals surface area contributed by atoms with Crippen LogP contribution in [0.25, 0.3) is 0 Å². The summed E-state index contributed by atoms with van der Waals surface area (Å²) in [5, 5.41) is 16.5. The number of aliphatic hydroxyl groups excluding tert-OH is 1. The van der Waals surface area contributed by atoms with Crippen LogP contribution in [0.5, 0.6) is 0 Å². The van der Waals surface area contributed by atoms with Gasteiger partial charge in [-0.1, -0.05) is 0 Å². The molecule has 0 fully saturated rings. The van der Waals surface area contributed by atoms with Gasteiger partial charge in [-0.25, -0.2) is 4.79 Å². The first-order chi connectivity index (χ1) is 10.6. The third-order valence-electron chi connectivity index (χ3n) is 3.20. The molecule has 0 aliphatic carbocycles. The number of carbonyl (C=O) groups is 2. The molecule has 1 atom stereocenters. The number of thiophene rings is 1. The van der Waals surface area contributed by atoms with Crippen molar-refractivity contribution in [3.05, 3.63) is 57.8 Å². The van der Waals surface area contributed by atoms with E-state index in [2.05, 4.69) is 10.1 Å². The van der Waals surface area contributed by atoms with Gasteiger partial charge >= 0.3 is 5.97 Å². The fourth-order valence-electron chi connectivity index (χ4n) is 1.93. The zero-order chi connectivity index (χ0) is 15.9. The first kappa shape index (κ1) is 16.2. The molecule has 0 radical (unpaired) electrons. The van der Waals surface area contributed by atoms with Crippen molar-refractivity contribution in [1.82, 2.24) is 5.32 Å². The summed E-state index contributed by atoms with van der Waals surface area (Å²) in [6, 6.07) is 8.08. The third-order valence-corrected chi connectivity index (χ3v) is 3.90. The normalized spacial score (nSPS) is 11.7. The monoisotopic (exact) mass is 319 g/mol. The molecular weight excluding hydrogens is 302 g/mol. The highest BCUT2D eigenvalue weighted by Gasteiger charge is 2.11. The van der Waals surface area contributed by atoms with E-state index in [4.69, 9.17) is 0 Å². The zero-order valence-corrected chi connectivity index (χ0v) is 12.9. The number of methoxy groups -OCH3 is 1. The molecule has 1 heterocycles. The fraction of sp³-hybridized carbons (Fsp3) is 0.250. The Hall–Kier alpha value is -2.18. The van der Waals surface area contributed by atoms with Crippen molar-refractivity contribution < 1.29 is 19.4 Å². The van der Waals surface area contributed by atoms with Gasteiger partial charge in [-0.2, -0.15) is 11.3 Å². The Bertz CT molecular complexity index is 622. The summed E-state index contributed by atoms with van der Waals surface area (Å²) in [5.74, 6) is -0.681. The predicted octanol–water partition coefficient (Wildman–Crippen LogP) is 2.39. The summed E-state index contributed by atoms with van der Waals surface area (Å²) in [6.45, 7) is 0.370. The lowest BCUT2D eigenvalue weighted by molar-refractivity contribution is 0.0600. The van der Waals surface area contributed by atoms with Crippen molar-refractivity contribution in [2.45, 2.75) is 12.5 Å². The van der Waals surface area contributed by atoms with Gasteiger partial charge in [-0.3, -0.25) is 4.79 Å². The number of rotatable bonds is 6. The molecule has 0 bridgehead atoms. The second-order valence-corrected chi connectivity index (χ2v) is 5.47. The SMILES string of the molecule is COC(=O)c1ccc(C(=O)NCC[C@@H](O)c2ccsc2)cc1. The summed E-state index contributed by atoms with van der Waals surface area (Å²) in [6.07, 6.45) is -0.129. The highest BCUT2D eigenvalue weighted by molar-refractivity contribution is 7.07. The highest BCUT2D eigenvalue weighted by atomic mass is 32.1. The van der Waals surface area contributed by atoms with Crippen molar-refractivity contribution in [3.63, 3.8) is 0 Å². The lowest BCUT2D eigenvalue weighted by Crippen LogP contribution is -2.25. The molecule has 1 aromatic carbocycles. The first-order valence-corrected chi connectivity index (χ1v) is 7.73. The van der Waals surface area contributed by atoms with Gasteiger partial charge in [0, 0.05) is 12.1 Å². The van der Waals surface area contributed by atoms with E-state index in [9.17, 15) is 14.7 Å². The molecule has 1 amide bonds. The van der Waals surface area contributed by atoms with Gasteiger partial charge in [0.2, 0.25) is 0 Å². The average Bonchev–Trinajstić information content (AvgIpc) is 3.08. The minimum atomic E-state index is -0.576. The minimum absolute atomic E-state index is 0.242. The zero-order valence-electron chi connectivity index (χ0n) is 12.1. The van der Waals surface area contributed by atoms with Crippen LogP contribution in [0.2, 0.25) is 0 Å². The second kappa shape index (κ2) is 7.72. The van der Waals surface area contributed by atoms with Gasteiger partial charge < -0.3 is 15.2 Å². The lowest BCUT2D eigenvalue weighted by Gasteiger charge is -2.10. The van der Waals surface area contributed by atoms with Crippen LogP contribution in [0, 0.1) is 0 Å². The van der Waals surface area contributed by atoms with Gasteiger partial charge in [0.25, 0.3) is 5.91 Å². The van der Waals surface area contributed by atoms with E-state index in [1.165, 1.54) is 18.4 Å². The number of benzene rings is 1. The number of amides is 1. The van der Waals surface area contributed by atoms with Crippen LogP contribution in [0.15, 0.2) is 41.1 Å². The van der Waals surface area contributed by atoms with Gasteiger partial charge in [0.05, 0.1) is 18.8 Å². The van der Waals surface area contributed by atoms with Crippen molar-refractivity contribution in [1.29, 1.82) is 0 Å². The molecule has 0 aliphatic heterocycles. The quantitative estimate of drug-likeness (QED) is 0.802. The molecule has 0 unspecified atom stereocenters. The third kappa shape index (κ3) is 4.16. The molecule has 22 heavy (non-hydrogen) atoms. The molecule has 2 aromatic rings. The van der Waals surface area contributed by atoms with Crippen LogP contribution in [-0.4, -0.2) is 30.6 Å². The topological polar surface area (TPSA) is 75.6 Å². The molecule has 0 spiro atoms. The second-order valence-electron chi connectivity index (χ2n) is 4.69. The van der Waals surface area contributed by atoms with Gasteiger partial charge in [0.15, 0.2) is 0 Å². The summed E-state index contributed by atoms with van der Waals surface area (Å²) in [7, 11) is 1.31. The lowest BCUT2D eigenvalue weighted by atomic mass is 10.1. The number of hydrogen-bond acceptors (Lipinski definition) is 5. The Kier molecular flexibility index (Phi) is 5.68. The molecule has 0 saturated carbocycles. The summed E-state index contributed by atoms with van der Waals surface area (Å²) < 4.78 is 4.60. The number of carbonyl (C=O) groups excluding carboxylic acids is 2. The van der Waals surface area contributed by atoms with Gasteiger partial charge in [0.1, 0.15) is 0 Å². The van der Waals surface area contributed by atoms with Crippen molar-refractivity contribution >= 4 is 23.2 Å². The molecule has 2 N–H and O–H groups in total. The highest BCUT2D eigenvalue weighted by Crippen LogP contribution is 2.18. The molecule has 116 valence electrons. The Morgan fingerprint density at radius 3 is 2.50 bits per heavy atom. The first-order valence-electron chi connectivity index (χ1n) is 6.78. The van der Waals surface area contributed by atoms with Gasteiger partial charge in [-0.15, -0.1) is 0 Å². The molecule has 0 saturated heterocycles. The molecular formula is C16H17NO4S.